The predicted molar refractivity (Wildman–Crippen MR) is 75.6 cm³/mol. The second kappa shape index (κ2) is 6.27. The lowest BCUT2D eigenvalue weighted by Crippen LogP contribution is -2.38. The van der Waals surface area contributed by atoms with Gasteiger partial charge in [0.15, 0.2) is 0 Å². The summed E-state index contributed by atoms with van der Waals surface area (Å²) in [4.78, 5) is 25.7. The molecule has 2 rings (SSSR count). The second-order valence-corrected chi connectivity index (χ2v) is 4.70. The third-order valence-electron chi connectivity index (χ3n) is 3.36. The predicted octanol–water partition coefficient (Wildman–Crippen LogP) is 0.630. The smallest absolute Gasteiger partial charge is 0.257 e. The third kappa shape index (κ3) is 3.01. The van der Waals surface area contributed by atoms with E-state index >= 15 is 0 Å². The Bertz CT molecular complexity index is 510. The number of carbonyl (C=O) groups is 2. The lowest BCUT2D eigenvalue weighted by atomic mass is 10.1. The summed E-state index contributed by atoms with van der Waals surface area (Å²) in [7, 11) is 1.47. The topological polar surface area (TPSA) is 84.7 Å². The number of ether oxygens (including phenoxy) is 1. The number of benzene rings is 1. The highest BCUT2D eigenvalue weighted by Crippen LogP contribution is 2.23. The van der Waals surface area contributed by atoms with Gasteiger partial charge in [0.2, 0.25) is 5.91 Å². The van der Waals surface area contributed by atoms with Crippen LogP contribution in [-0.2, 0) is 4.79 Å². The maximum atomic E-state index is 12.1. The minimum absolute atomic E-state index is 0.0175. The normalized spacial score (nSPS) is 14.2. The van der Waals surface area contributed by atoms with Gasteiger partial charge in [0.1, 0.15) is 11.3 Å². The number of methoxy groups -OCH3 is 1. The molecule has 20 heavy (non-hydrogen) atoms. The van der Waals surface area contributed by atoms with Gasteiger partial charge < -0.3 is 20.7 Å². The van der Waals surface area contributed by atoms with Crippen molar-refractivity contribution in [1.82, 2.24) is 10.2 Å². The first-order valence-electron chi connectivity index (χ1n) is 6.62. The van der Waals surface area contributed by atoms with E-state index in [9.17, 15) is 9.59 Å². The van der Waals surface area contributed by atoms with Crippen molar-refractivity contribution in [3.63, 3.8) is 0 Å². The van der Waals surface area contributed by atoms with Gasteiger partial charge in [-0.05, 0) is 25.0 Å². The molecule has 1 aliphatic rings. The summed E-state index contributed by atoms with van der Waals surface area (Å²) in [5, 5.41) is 2.60. The average Bonchev–Trinajstić information content (AvgIpc) is 2.98. The van der Waals surface area contributed by atoms with Gasteiger partial charge in [-0.15, -0.1) is 0 Å². The van der Waals surface area contributed by atoms with E-state index in [1.807, 2.05) is 0 Å². The van der Waals surface area contributed by atoms with Gasteiger partial charge in [-0.25, -0.2) is 0 Å². The Labute approximate surface area is 117 Å². The van der Waals surface area contributed by atoms with E-state index in [0.29, 0.717) is 11.4 Å². The summed E-state index contributed by atoms with van der Waals surface area (Å²) < 4.78 is 5.12. The Hall–Kier alpha value is -2.24. The molecule has 1 aromatic carbocycles. The van der Waals surface area contributed by atoms with Gasteiger partial charge >= 0.3 is 0 Å². The fraction of sp³-hybridized carbons (Fsp3) is 0.429. The lowest BCUT2D eigenvalue weighted by molar-refractivity contribution is -0.129. The summed E-state index contributed by atoms with van der Waals surface area (Å²) in [6, 6.07) is 4.99. The summed E-state index contributed by atoms with van der Waals surface area (Å²) in [5.41, 5.74) is 6.39. The number of nitrogens with one attached hydrogen (secondary N) is 1. The van der Waals surface area contributed by atoms with Gasteiger partial charge in [-0.2, -0.15) is 0 Å². The number of anilines is 1. The number of rotatable bonds is 4. The molecule has 1 saturated heterocycles. The molecule has 0 atom stereocenters. The van der Waals surface area contributed by atoms with Crippen LogP contribution in [0.15, 0.2) is 18.2 Å². The monoisotopic (exact) mass is 277 g/mol. The molecule has 6 heteroatoms. The molecular weight excluding hydrogens is 258 g/mol. The van der Waals surface area contributed by atoms with Crippen molar-refractivity contribution in [3.05, 3.63) is 23.8 Å². The molecule has 6 nitrogen and oxygen atoms in total. The van der Waals surface area contributed by atoms with Crippen molar-refractivity contribution < 1.29 is 14.3 Å². The maximum Gasteiger partial charge on any atom is 0.257 e. The zero-order valence-electron chi connectivity index (χ0n) is 11.5. The van der Waals surface area contributed by atoms with Crippen molar-refractivity contribution in [3.8, 4) is 5.75 Å². The fourth-order valence-corrected chi connectivity index (χ4v) is 2.28. The minimum Gasteiger partial charge on any atom is -0.496 e. The molecule has 0 unspecified atom stereocenters. The van der Waals surface area contributed by atoms with Crippen LogP contribution in [0.1, 0.15) is 23.2 Å². The molecule has 0 bridgehead atoms. The van der Waals surface area contributed by atoms with Crippen LogP contribution >= 0.6 is 0 Å². The number of hydrogen-bond acceptors (Lipinski definition) is 4. The first kappa shape index (κ1) is 14.2. The van der Waals surface area contributed by atoms with Crippen LogP contribution in [-0.4, -0.2) is 43.5 Å². The van der Waals surface area contributed by atoms with E-state index in [4.69, 9.17) is 10.5 Å². The molecule has 1 fully saturated rings. The highest BCUT2D eigenvalue weighted by molar-refractivity contribution is 6.03. The summed E-state index contributed by atoms with van der Waals surface area (Å²) in [5.74, 6) is -0.0621. The lowest BCUT2D eigenvalue weighted by Gasteiger charge is -2.16. The Balaban J connectivity index is 2.00. The number of amides is 2. The van der Waals surface area contributed by atoms with Crippen molar-refractivity contribution >= 4 is 17.5 Å². The zero-order chi connectivity index (χ0) is 14.5. The molecule has 0 aliphatic carbocycles. The van der Waals surface area contributed by atoms with Crippen LogP contribution in [0.3, 0.4) is 0 Å². The summed E-state index contributed by atoms with van der Waals surface area (Å²) in [6.07, 6.45) is 2.05. The largest absolute Gasteiger partial charge is 0.496 e. The standard InChI is InChI=1S/C14H19N3O3/c1-20-11-6-4-5-10(15)13(11)14(19)16-9-12(18)17-7-2-3-8-17/h4-6H,2-3,7-9,15H2,1H3,(H,16,19). The first-order chi connectivity index (χ1) is 9.63. The van der Waals surface area contributed by atoms with Gasteiger partial charge in [-0.1, -0.05) is 6.07 Å². The highest BCUT2D eigenvalue weighted by Gasteiger charge is 2.20. The Kier molecular flexibility index (Phi) is 4.45. The van der Waals surface area contributed by atoms with E-state index in [1.165, 1.54) is 7.11 Å². The third-order valence-corrected chi connectivity index (χ3v) is 3.36. The van der Waals surface area contributed by atoms with Gasteiger partial charge in [-0.3, -0.25) is 9.59 Å². The van der Waals surface area contributed by atoms with Crippen LogP contribution in [0.5, 0.6) is 5.75 Å². The molecule has 0 spiro atoms. The summed E-state index contributed by atoms with van der Waals surface area (Å²) >= 11 is 0. The molecule has 0 aromatic heterocycles. The van der Waals surface area contributed by atoms with Crippen LogP contribution in [0.25, 0.3) is 0 Å². The van der Waals surface area contributed by atoms with E-state index in [0.717, 1.165) is 25.9 Å². The molecule has 3 N–H and O–H groups in total. The molecule has 0 saturated carbocycles. The molecule has 1 aromatic rings. The SMILES string of the molecule is COc1cccc(N)c1C(=O)NCC(=O)N1CCCC1. The molecule has 108 valence electrons. The van der Waals surface area contributed by atoms with E-state index < -0.39 is 5.91 Å². The number of nitrogens with zero attached hydrogens (tertiary/aromatic N) is 1. The van der Waals surface area contributed by atoms with Crippen LogP contribution in [0, 0.1) is 0 Å². The molecular formula is C14H19N3O3. The minimum atomic E-state index is -0.396. The first-order valence-corrected chi connectivity index (χ1v) is 6.62. The van der Waals surface area contributed by atoms with Crippen molar-refractivity contribution in [2.75, 3.05) is 32.5 Å². The van der Waals surface area contributed by atoms with Crippen molar-refractivity contribution in [2.24, 2.45) is 0 Å². The fourth-order valence-electron chi connectivity index (χ4n) is 2.28. The van der Waals surface area contributed by atoms with Crippen molar-refractivity contribution in [2.45, 2.75) is 12.8 Å². The number of hydrogen-bond donors (Lipinski definition) is 2. The Morgan fingerprint density at radius 2 is 2.05 bits per heavy atom. The number of nitrogen functional groups attached to an aromatic ring is 1. The molecule has 2 amide bonds. The second-order valence-electron chi connectivity index (χ2n) is 4.70. The van der Waals surface area contributed by atoms with Gasteiger partial charge in [0, 0.05) is 18.8 Å². The van der Waals surface area contributed by atoms with Crippen molar-refractivity contribution in [1.29, 1.82) is 0 Å². The Morgan fingerprint density at radius 1 is 1.35 bits per heavy atom. The summed E-state index contributed by atoms with van der Waals surface area (Å²) in [6.45, 7) is 1.52. The van der Waals surface area contributed by atoms with Gasteiger partial charge in [0.25, 0.3) is 5.91 Å². The van der Waals surface area contributed by atoms with E-state index in [-0.39, 0.29) is 18.0 Å². The zero-order valence-corrected chi connectivity index (χ0v) is 11.5. The van der Waals surface area contributed by atoms with Gasteiger partial charge in [0.05, 0.1) is 13.7 Å². The van der Waals surface area contributed by atoms with E-state index in [1.54, 1.807) is 23.1 Å². The van der Waals surface area contributed by atoms with Crippen LogP contribution in [0.4, 0.5) is 5.69 Å². The Morgan fingerprint density at radius 3 is 2.70 bits per heavy atom. The number of carbonyl (C=O) groups excluding carboxylic acids is 2. The van der Waals surface area contributed by atoms with E-state index in [2.05, 4.69) is 5.32 Å². The average molecular weight is 277 g/mol. The molecule has 1 aliphatic heterocycles. The number of likely N-dealkylation sites (tertiary alicyclic amines) is 1. The number of nitrogens with two attached hydrogens (primary N) is 1. The molecule has 1 heterocycles. The van der Waals surface area contributed by atoms with Crippen LogP contribution < -0.4 is 15.8 Å². The van der Waals surface area contributed by atoms with Crippen LogP contribution in [0.2, 0.25) is 0 Å². The quantitative estimate of drug-likeness (QED) is 0.791. The molecule has 0 radical (unpaired) electrons. The highest BCUT2D eigenvalue weighted by atomic mass is 16.5. The maximum absolute atomic E-state index is 12.1.